The summed E-state index contributed by atoms with van der Waals surface area (Å²) in [5, 5.41) is 11.6. The third-order valence-electron chi connectivity index (χ3n) is 2.51. The molecule has 6 nitrogen and oxygen atoms in total. The van der Waals surface area contributed by atoms with E-state index in [-0.39, 0.29) is 11.8 Å². The fourth-order valence-corrected chi connectivity index (χ4v) is 1.59. The van der Waals surface area contributed by atoms with E-state index in [4.69, 9.17) is 10.9 Å². The molecule has 1 heterocycles. The predicted octanol–water partition coefficient (Wildman–Crippen LogP) is 0.912. The summed E-state index contributed by atoms with van der Waals surface area (Å²) in [7, 11) is 1.92. The van der Waals surface area contributed by atoms with Gasteiger partial charge in [0.1, 0.15) is 17.5 Å². The van der Waals surface area contributed by atoms with Crippen LogP contribution >= 0.6 is 0 Å². The van der Waals surface area contributed by atoms with Crippen LogP contribution in [0.2, 0.25) is 0 Å². The molecule has 0 saturated carbocycles. The Kier molecular flexibility index (Phi) is 4.25. The average Bonchev–Trinajstić information content (AvgIpc) is 2.26. The van der Waals surface area contributed by atoms with E-state index < -0.39 is 0 Å². The van der Waals surface area contributed by atoms with E-state index in [2.05, 4.69) is 15.1 Å². The van der Waals surface area contributed by atoms with Gasteiger partial charge in [0, 0.05) is 31.3 Å². The van der Waals surface area contributed by atoms with Crippen molar-refractivity contribution < 1.29 is 5.21 Å². The Morgan fingerprint density at radius 2 is 2.18 bits per heavy atom. The van der Waals surface area contributed by atoms with Gasteiger partial charge >= 0.3 is 0 Å². The van der Waals surface area contributed by atoms with E-state index in [0.29, 0.717) is 6.54 Å². The highest BCUT2D eigenvalue weighted by molar-refractivity contribution is 5.82. The zero-order valence-corrected chi connectivity index (χ0v) is 10.7. The van der Waals surface area contributed by atoms with E-state index in [1.54, 1.807) is 0 Å². The van der Waals surface area contributed by atoms with Crippen molar-refractivity contribution in [2.24, 2.45) is 16.8 Å². The van der Waals surface area contributed by atoms with E-state index >= 15 is 0 Å². The van der Waals surface area contributed by atoms with Crippen molar-refractivity contribution in [2.45, 2.75) is 20.8 Å². The number of rotatable bonds is 4. The number of anilines is 1. The maximum Gasteiger partial charge on any atom is 0.143 e. The lowest BCUT2D eigenvalue weighted by atomic mass is 10.1. The van der Waals surface area contributed by atoms with Gasteiger partial charge in [-0.05, 0) is 13.8 Å². The van der Waals surface area contributed by atoms with Crippen LogP contribution in [0.4, 0.5) is 5.82 Å². The monoisotopic (exact) mass is 237 g/mol. The number of oxime groups is 1. The number of hydrogen-bond acceptors (Lipinski definition) is 5. The topological polar surface area (TPSA) is 87.6 Å². The molecule has 94 valence electrons. The van der Waals surface area contributed by atoms with Crippen LogP contribution in [0.5, 0.6) is 0 Å². The van der Waals surface area contributed by atoms with Crippen molar-refractivity contribution in [3.63, 3.8) is 0 Å². The van der Waals surface area contributed by atoms with Gasteiger partial charge in [0.05, 0.1) is 0 Å². The Labute approximate surface area is 101 Å². The number of aryl methyl sites for hydroxylation is 2. The van der Waals surface area contributed by atoms with Crippen LogP contribution in [0.25, 0.3) is 0 Å². The average molecular weight is 237 g/mol. The molecular formula is C11H19N5O. The van der Waals surface area contributed by atoms with Gasteiger partial charge in [0.15, 0.2) is 0 Å². The number of amidine groups is 1. The molecule has 0 spiro atoms. The minimum Gasteiger partial charge on any atom is -0.409 e. The molecule has 0 fully saturated rings. The maximum absolute atomic E-state index is 8.60. The van der Waals surface area contributed by atoms with E-state index in [1.807, 2.05) is 38.8 Å². The second-order valence-electron chi connectivity index (χ2n) is 4.22. The number of aromatic nitrogens is 2. The molecule has 3 N–H and O–H groups in total. The van der Waals surface area contributed by atoms with Crippen LogP contribution in [0.1, 0.15) is 18.4 Å². The first-order valence-corrected chi connectivity index (χ1v) is 5.45. The Hall–Kier alpha value is -1.85. The minimum atomic E-state index is -0.0411. The SMILES string of the molecule is Cc1cc(N(C)CC(C)C(N)=NO)nc(C)n1. The molecule has 6 heteroatoms. The molecule has 17 heavy (non-hydrogen) atoms. The Morgan fingerprint density at radius 3 is 2.71 bits per heavy atom. The van der Waals surface area contributed by atoms with Gasteiger partial charge in [-0.15, -0.1) is 0 Å². The highest BCUT2D eigenvalue weighted by atomic mass is 16.4. The third-order valence-corrected chi connectivity index (χ3v) is 2.51. The van der Waals surface area contributed by atoms with Gasteiger partial charge < -0.3 is 15.8 Å². The first-order chi connectivity index (χ1) is 7.93. The van der Waals surface area contributed by atoms with Crippen molar-refractivity contribution >= 4 is 11.7 Å². The highest BCUT2D eigenvalue weighted by Gasteiger charge is 2.12. The van der Waals surface area contributed by atoms with Crippen LogP contribution in [-0.4, -0.2) is 34.6 Å². The molecule has 0 radical (unpaired) electrons. The lowest BCUT2D eigenvalue weighted by molar-refractivity contribution is 0.314. The van der Waals surface area contributed by atoms with Crippen molar-refractivity contribution in [2.75, 3.05) is 18.5 Å². The van der Waals surface area contributed by atoms with Gasteiger partial charge in [-0.25, -0.2) is 9.97 Å². The Bertz CT molecular complexity index is 398. The fourth-order valence-electron chi connectivity index (χ4n) is 1.59. The van der Waals surface area contributed by atoms with Gasteiger partial charge in [-0.3, -0.25) is 0 Å². The van der Waals surface area contributed by atoms with Crippen LogP contribution < -0.4 is 10.6 Å². The standard InChI is InChI=1S/C11H19N5O/c1-7(11(12)15-17)6-16(4)10-5-8(2)13-9(3)14-10/h5,7,17H,6H2,1-4H3,(H2,12,15). The molecule has 1 unspecified atom stereocenters. The first kappa shape index (κ1) is 13.2. The van der Waals surface area contributed by atoms with Gasteiger partial charge in [0.25, 0.3) is 0 Å². The van der Waals surface area contributed by atoms with Gasteiger partial charge in [-0.1, -0.05) is 12.1 Å². The van der Waals surface area contributed by atoms with Crippen molar-refractivity contribution in [3.8, 4) is 0 Å². The number of hydrogen-bond donors (Lipinski definition) is 2. The molecule has 0 amide bonds. The lowest BCUT2D eigenvalue weighted by Gasteiger charge is -2.22. The van der Waals surface area contributed by atoms with Crippen molar-refractivity contribution in [1.29, 1.82) is 0 Å². The summed E-state index contributed by atoms with van der Waals surface area (Å²) in [6.45, 7) is 6.31. The molecule has 0 bridgehead atoms. The summed E-state index contributed by atoms with van der Waals surface area (Å²) in [4.78, 5) is 10.5. The molecule has 0 aliphatic rings. The Balaban J connectivity index is 2.79. The van der Waals surface area contributed by atoms with Gasteiger partial charge in [-0.2, -0.15) is 0 Å². The maximum atomic E-state index is 8.60. The molecule has 1 aromatic rings. The summed E-state index contributed by atoms with van der Waals surface area (Å²) in [6.07, 6.45) is 0. The zero-order chi connectivity index (χ0) is 13.0. The predicted molar refractivity (Wildman–Crippen MR) is 67.3 cm³/mol. The van der Waals surface area contributed by atoms with Crippen molar-refractivity contribution in [3.05, 3.63) is 17.6 Å². The first-order valence-electron chi connectivity index (χ1n) is 5.45. The second kappa shape index (κ2) is 5.47. The van der Waals surface area contributed by atoms with Crippen LogP contribution in [0, 0.1) is 19.8 Å². The number of nitrogens with zero attached hydrogens (tertiary/aromatic N) is 4. The summed E-state index contributed by atoms with van der Waals surface area (Å²) in [5.41, 5.74) is 6.47. The third kappa shape index (κ3) is 3.58. The van der Waals surface area contributed by atoms with E-state index in [0.717, 1.165) is 17.3 Å². The molecule has 0 aromatic carbocycles. The minimum absolute atomic E-state index is 0.0411. The van der Waals surface area contributed by atoms with Crippen LogP contribution in [-0.2, 0) is 0 Å². The summed E-state index contributed by atoms with van der Waals surface area (Å²) < 4.78 is 0. The molecule has 0 aliphatic heterocycles. The van der Waals surface area contributed by atoms with E-state index in [1.165, 1.54) is 0 Å². The molecule has 1 aromatic heterocycles. The lowest BCUT2D eigenvalue weighted by Crippen LogP contribution is -2.33. The molecular weight excluding hydrogens is 218 g/mol. The number of nitrogens with two attached hydrogens (primary N) is 1. The summed E-state index contributed by atoms with van der Waals surface area (Å²) >= 11 is 0. The summed E-state index contributed by atoms with van der Waals surface area (Å²) in [5.74, 6) is 1.76. The smallest absolute Gasteiger partial charge is 0.143 e. The second-order valence-corrected chi connectivity index (χ2v) is 4.22. The fraction of sp³-hybridized carbons (Fsp3) is 0.545. The summed E-state index contributed by atoms with van der Waals surface area (Å²) in [6, 6.07) is 1.91. The van der Waals surface area contributed by atoms with E-state index in [9.17, 15) is 0 Å². The largest absolute Gasteiger partial charge is 0.409 e. The molecule has 1 rings (SSSR count). The normalized spacial score (nSPS) is 13.5. The zero-order valence-electron chi connectivity index (χ0n) is 10.7. The molecule has 0 aliphatic carbocycles. The molecule has 1 atom stereocenters. The van der Waals surface area contributed by atoms with Crippen LogP contribution in [0.3, 0.4) is 0 Å². The molecule has 0 saturated heterocycles. The van der Waals surface area contributed by atoms with Gasteiger partial charge in [0.2, 0.25) is 0 Å². The Morgan fingerprint density at radius 1 is 1.53 bits per heavy atom. The highest BCUT2D eigenvalue weighted by Crippen LogP contribution is 2.12. The van der Waals surface area contributed by atoms with Crippen LogP contribution in [0.15, 0.2) is 11.2 Å². The quantitative estimate of drug-likeness (QED) is 0.352. The van der Waals surface area contributed by atoms with Crippen molar-refractivity contribution in [1.82, 2.24) is 9.97 Å².